The van der Waals surface area contributed by atoms with Crippen molar-refractivity contribution < 1.29 is 17.5 Å². The predicted octanol–water partition coefficient (Wildman–Crippen LogP) is 2.52. The molecule has 0 spiro atoms. The van der Waals surface area contributed by atoms with Gasteiger partial charge < -0.3 is 4.74 Å². The monoisotopic (exact) mass is 266 g/mol. The fourth-order valence-electron chi connectivity index (χ4n) is 1.61. The first-order chi connectivity index (χ1) is 7.26. The Morgan fingerprint density at radius 3 is 2.38 bits per heavy atom. The Balaban J connectivity index is 3.45. The van der Waals surface area contributed by atoms with Gasteiger partial charge in [-0.25, -0.2) is 12.8 Å². The molecular weight excluding hydrogens is 255 g/mol. The topological polar surface area (TPSA) is 43.4 Å². The van der Waals surface area contributed by atoms with Gasteiger partial charge in [0.05, 0.1) is 12.9 Å². The lowest BCUT2D eigenvalue weighted by atomic mass is 10.1. The largest absolute Gasteiger partial charge is 0.496 e. The van der Waals surface area contributed by atoms with Gasteiger partial charge in [-0.05, 0) is 31.0 Å². The van der Waals surface area contributed by atoms with Crippen LogP contribution >= 0.6 is 10.7 Å². The molecule has 0 amide bonds. The molecule has 90 valence electrons. The van der Waals surface area contributed by atoms with Crippen molar-refractivity contribution in [3.63, 3.8) is 0 Å². The van der Waals surface area contributed by atoms with Gasteiger partial charge in [-0.1, -0.05) is 0 Å². The Morgan fingerprint density at radius 1 is 1.38 bits per heavy atom. The van der Waals surface area contributed by atoms with Crippen LogP contribution in [0.2, 0.25) is 0 Å². The van der Waals surface area contributed by atoms with Gasteiger partial charge in [0.25, 0.3) is 0 Å². The van der Waals surface area contributed by atoms with E-state index in [9.17, 15) is 12.8 Å². The van der Waals surface area contributed by atoms with E-state index in [0.717, 1.165) is 0 Å². The molecule has 1 aromatic rings. The van der Waals surface area contributed by atoms with E-state index in [1.165, 1.54) is 7.11 Å². The predicted molar refractivity (Wildman–Crippen MR) is 60.9 cm³/mol. The molecule has 0 aliphatic rings. The first-order valence-corrected chi connectivity index (χ1v) is 6.99. The summed E-state index contributed by atoms with van der Waals surface area (Å²) in [5.74, 6) is -0.939. The molecule has 6 heteroatoms. The van der Waals surface area contributed by atoms with Gasteiger partial charge >= 0.3 is 0 Å². The van der Waals surface area contributed by atoms with Crippen LogP contribution in [-0.4, -0.2) is 15.5 Å². The van der Waals surface area contributed by atoms with E-state index < -0.39 is 20.6 Å². The molecule has 0 saturated carbocycles. The van der Waals surface area contributed by atoms with Crippen LogP contribution in [0.15, 0.2) is 6.07 Å². The van der Waals surface area contributed by atoms with Crippen LogP contribution in [0.4, 0.5) is 4.39 Å². The Hall–Kier alpha value is -0.810. The number of methoxy groups -OCH3 is 1. The first kappa shape index (κ1) is 13.3. The second kappa shape index (κ2) is 4.59. The van der Waals surface area contributed by atoms with E-state index >= 15 is 0 Å². The highest BCUT2D eigenvalue weighted by Gasteiger charge is 2.20. The van der Waals surface area contributed by atoms with E-state index in [-0.39, 0.29) is 11.3 Å². The van der Waals surface area contributed by atoms with E-state index in [4.69, 9.17) is 15.4 Å². The molecular formula is C10H12ClFO3S. The average Bonchev–Trinajstić information content (AvgIpc) is 2.12. The molecule has 0 aliphatic heterocycles. The van der Waals surface area contributed by atoms with Crippen LogP contribution in [0.5, 0.6) is 5.75 Å². The van der Waals surface area contributed by atoms with Crippen LogP contribution in [0, 0.1) is 19.7 Å². The number of rotatable bonds is 3. The molecule has 1 aromatic carbocycles. The third-order valence-electron chi connectivity index (χ3n) is 2.20. The second-order valence-electron chi connectivity index (χ2n) is 3.52. The van der Waals surface area contributed by atoms with Crippen molar-refractivity contribution in [2.75, 3.05) is 7.11 Å². The lowest BCUT2D eigenvalue weighted by Crippen LogP contribution is -2.05. The molecule has 0 heterocycles. The molecule has 1 rings (SSSR count). The summed E-state index contributed by atoms with van der Waals surface area (Å²) in [4.78, 5) is 0. The van der Waals surface area contributed by atoms with Crippen LogP contribution in [-0.2, 0) is 14.8 Å². The van der Waals surface area contributed by atoms with Crippen molar-refractivity contribution in [3.05, 3.63) is 28.6 Å². The average molecular weight is 267 g/mol. The van der Waals surface area contributed by atoms with Crippen molar-refractivity contribution in [1.82, 2.24) is 0 Å². The zero-order valence-corrected chi connectivity index (χ0v) is 10.7. The summed E-state index contributed by atoms with van der Waals surface area (Å²) in [5.41, 5.74) is 1.03. The maximum atomic E-state index is 13.8. The number of hydrogen-bond donors (Lipinski definition) is 0. The van der Waals surface area contributed by atoms with Gasteiger partial charge in [-0.2, -0.15) is 0 Å². The maximum Gasteiger partial charge on any atom is 0.237 e. The summed E-state index contributed by atoms with van der Waals surface area (Å²) >= 11 is 0. The molecule has 0 atom stereocenters. The van der Waals surface area contributed by atoms with Gasteiger partial charge in [0.1, 0.15) is 11.6 Å². The van der Waals surface area contributed by atoms with Gasteiger partial charge in [-0.3, -0.25) is 0 Å². The summed E-state index contributed by atoms with van der Waals surface area (Å²) in [6.07, 6.45) is 0. The van der Waals surface area contributed by atoms with Gasteiger partial charge in [0.2, 0.25) is 9.05 Å². The normalized spacial score (nSPS) is 11.6. The summed E-state index contributed by atoms with van der Waals surface area (Å²) in [7, 11) is 2.67. The van der Waals surface area contributed by atoms with Gasteiger partial charge in [0, 0.05) is 16.2 Å². The van der Waals surface area contributed by atoms with E-state index in [1.54, 1.807) is 19.9 Å². The van der Waals surface area contributed by atoms with E-state index in [1.807, 2.05) is 0 Å². The maximum absolute atomic E-state index is 13.8. The Morgan fingerprint density at radius 2 is 1.94 bits per heavy atom. The highest BCUT2D eigenvalue weighted by atomic mass is 35.7. The molecule has 0 aliphatic carbocycles. The zero-order valence-electron chi connectivity index (χ0n) is 9.17. The lowest BCUT2D eigenvalue weighted by molar-refractivity contribution is 0.402. The zero-order chi connectivity index (χ0) is 12.5. The Kier molecular flexibility index (Phi) is 3.80. The summed E-state index contributed by atoms with van der Waals surface area (Å²) < 4.78 is 40.7. The number of ether oxygens (including phenoxy) is 1. The quantitative estimate of drug-likeness (QED) is 0.790. The number of halogens is 2. The number of hydrogen-bond acceptors (Lipinski definition) is 3. The molecule has 0 fully saturated rings. The minimum Gasteiger partial charge on any atom is -0.496 e. The summed E-state index contributed by atoms with van der Waals surface area (Å²) in [6, 6.07) is 1.60. The minimum atomic E-state index is -3.81. The SMILES string of the molecule is COc1c(C)cc(C)c(F)c1CS(=O)(=O)Cl. The van der Waals surface area contributed by atoms with Crippen molar-refractivity contribution in [2.45, 2.75) is 19.6 Å². The Bertz CT molecular complexity index is 511. The van der Waals surface area contributed by atoms with E-state index in [2.05, 4.69) is 0 Å². The highest BCUT2D eigenvalue weighted by molar-refractivity contribution is 8.13. The molecule has 16 heavy (non-hydrogen) atoms. The summed E-state index contributed by atoms with van der Waals surface area (Å²) in [6.45, 7) is 3.28. The van der Waals surface area contributed by atoms with Crippen LogP contribution in [0.3, 0.4) is 0 Å². The molecule has 0 radical (unpaired) electrons. The van der Waals surface area contributed by atoms with Crippen molar-refractivity contribution in [2.24, 2.45) is 0 Å². The number of benzene rings is 1. The second-order valence-corrected chi connectivity index (χ2v) is 6.30. The fourth-order valence-corrected chi connectivity index (χ4v) is 2.54. The van der Waals surface area contributed by atoms with Gasteiger partial charge in [-0.15, -0.1) is 0 Å². The molecule has 3 nitrogen and oxygen atoms in total. The smallest absolute Gasteiger partial charge is 0.237 e. The molecule has 0 bridgehead atoms. The molecule has 0 saturated heterocycles. The third-order valence-corrected chi connectivity index (χ3v) is 3.16. The van der Waals surface area contributed by atoms with Crippen molar-refractivity contribution >= 4 is 19.7 Å². The van der Waals surface area contributed by atoms with Crippen LogP contribution in [0.25, 0.3) is 0 Å². The van der Waals surface area contributed by atoms with Gasteiger partial charge in [0.15, 0.2) is 0 Å². The summed E-state index contributed by atoms with van der Waals surface area (Å²) in [5, 5.41) is 0. The molecule has 0 unspecified atom stereocenters. The van der Waals surface area contributed by atoms with Crippen molar-refractivity contribution in [1.29, 1.82) is 0 Å². The van der Waals surface area contributed by atoms with Crippen LogP contribution < -0.4 is 4.74 Å². The van der Waals surface area contributed by atoms with Crippen LogP contribution in [0.1, 0.15) is 16.7 Å². The van der Waals surface area contributed by atoms with E-state index in [0.29, 0.717) is 11.1 Å². The standard InChI is InChI=1S/C10H12ClFO3S/c1-6-4-7(2)10(15-3)8(9(6)12)5-16(11,13)14/h4H,5H2,1-3H3. The molecule has 0 aromatic heterocycles. The highest BCUT2D eigenvalue weighted by Crippen LogP contribution is 2.30. The lowest BCUT2D eigenvalue weighted by Gasteiger charge is -2.13. The first-order valence-electron chi connectivity index (χ1n) is 4.51. The molecule has 0 N–H and O–H groups in total. The minimum absolute atomic E-state index is 0.0185. The Labute approximate surface area is 98.6 Å². The van der Waals surface area contributed by atoms with Crippen molar-refractivity contribution in [3.8, 4) is 5.75 Å². The number of aryl methyl sites for hydroxylation is 2. The fraction of sp³-hybridized carbons (Fsp3) is 0.400. The third kappa shape index (κ3) is 2.86.